The number of rotatable bonds is 4. The topological polar surface area (TPSA) is 12.0 Å². The zero-order valence-electron chi connectivity index (χ0n) is 9.72. The van der Waals surface area contributed by atoms with E-state index in [1.54, 1.807) is 0 Å². The predicted octanol–water partition coefficient (Wildman–Crippen LogP) is 4.23. The lowest BCUT2D eigenvalue weighted by molar-refractivity contribution is 0.448. The summed E-state index contributed by atoms with van der Waals surface area (Å²) in [6, 6.07) is 5.80. The SMILES string of the molecule is Clc1cccc(CNCC2CCSCC2)c1Cl. The van der Waals surface area contributed by atoms with Crippen LogP contribution in [-0.4, -0.2) is 18.1 Å². The highest BCUT2D eigenvalue weighted by atomic mass is 35.5. The van der Waals surface area contributed by atoms with E-state index < -0.39 is 0 Å². The van der Waals surface area contributed by atoms with Crippen molar-refractivity contribution in [1.29, 1.82) is 0 Å². The van der Waals surface area contributed by atoms with Crippen molar-refractivity contribution >= 4 is 35.0 Å². The van der Waals surface area contributed by atoms with Crippen LogP contribution in [0.3, 0.4) is 0 Å². The van der Waals surface area contributed by atoms with Crippen LogP contribution in [-0.2, 0) is 6.54 Å². The van der Waals surface area contributed by atoms with Gasteiger partial charge in [0, 0.05) is 6.54 Å². The van der Waals surface area contributed by atoms with E-state index >= 15 is 0 Å². The van der Waals surface area contributed by atoms with Gasteiger partial charge in [-0.3, -0.25) is 0 Å². The molecule has 1 aliphatic heterocycles. The fourth-order valence-corrected chi connectivity index (χ4v) is 3.64. The van der Waals surface area contributed by atoms with E-state index in [1.165, 1.54) is 24.3 Å². The molecule has 0 radical (unpaired) electrons. The van der Waals surface area contributed by atoms with Crippen molar-refractivity contribution in [2.24, 2.45) is 5.92 Å². The molecule has 17 heavy (non-hydrogen) atoms. The van der Waals surface area contributed by atoms with Gasteiger partial charge in [-0.1, -0.05) is 35.3 Å². The van der Waals surface area contributed by atoms with Crippen molar-refractivity contribution in [3.8, 4) is 0 Å². The summed E-state index contributed by atoms with van der Waals surface area (Å²) < 4.78 is 0. The van der Waals surface area contributed by atoms with Crippen LogP contribution < -0.4 is 5.32 Å². The van der Waals surface area contributed by atoms with Crippen LogP contribution in [0.1, 0.15) is 18.4 Å². The van der Waals surface area contributed by atoms with E-state index in [9.17, 15) is 0 Å². The minimum atomic E-state index is 0.639. The van der Waals surface area contributed by atoms with E-state index in [0.29, 0.717) is 10.0 Å². The van der Waals surface area contributed by atoms with E-state index in [-0.39, 0.29) is 0 Å². The first-order chi connectivity index (χ1) is 8.27. The summed E-state index contributed by atoms with van der Waals surface area (Å²) in [5.41, 5.74) is 1.09. The molecule has 0 unspecified atom stereocenters. The van der Waals surface area contributed by atoms with Gasteiger partial charge >= 0.3 is 0 Å². The number of nitrogens with one attached hydrogen (secondary N) is 1. The Morgan fingerprint density at radius 2 is 2.00 bits per heavy atom. The minimum Gasteiger partial charge on any atom is -0.312 e. The summed E-state index contributed by atoms with van der Waals surface area (Å²) >= 11 is 14.2. The Bertz CT molecular complexity index is 364. The molecule has 94 valence electrons. The highest BCUT2D eigenvalue weighted by Crippen LogP contribution is 2.26. The standard InChI is InChI=1S/C13H17Cl2NS/c14-12-3-1-2-11(13(12)15)9-16-8-10-4-6-17-7-5-10/h1-3,10,16H,4-9H2. The van der Waals surface area contributed by atoms with Gasteiger partial charge in [0.15, 0.2) is 0 Å². The molecule has 0 aromatic heterocycles. The molecule has 1 aromatic rings. The molecule has 1 N–H and O–H groups in total. The maximum Gasteiger partial charge on any atom is 0.0637 e. The van der Waals surface area contributed by atoms with Crippen molar-refractivity contribution in [2.75, 3.05) is 18.1 Å². The van der Waals surface area contributed by atoms with Gasteiger partial charge < -0.3 is 5.32 Å². The monoisotopic (exact) mass is 289 g/mol. The van der Waals surface area contributed by atoms with Gasteiger partial charge in [0.1, 0.15) is 0 Å². The third-order valence-electron chi connectivity index (χ3n) is 3.12. The Kier molecular flexibility index (Phi) is 5.49. The summed E-state index contributed by atoms with van der Waals surface area (Å²) in [4.78, 5) is 0. The molecule has 1 aromatic carbocycles. The molecular weight excluding hydrogens is 273 g/mol. The molecule has 0 bridgehead atoms. The van der Waals surface area contributed by atoms with Crippen LogP contribution in [0.4, 0.5) is 0 Å². The zero-order chi connectivity index (χ0) is 12.1. The molecule has 0 spiro atoms. The Morgan fingerprint density at radius 1 is 1.24 bits per heavy atom. The Labute approximate surface area is 117 Å². The summed E-state index contributed by atoms with van der Waals surface area (Å²) in [6.07, 6.45) is 2.67. The maximum atomic E-state index is 6.14. The first-order valence-electron chi connectivity index (χ1n) is 5.98. The van der Waals surface area contributed by atoms with Crippen LogP contribution in [0.15, 0.2) is 18.2 Å². The second kappa shape index (κ2) is 6.89. The van der Waals surface area contributed by atoms with Crippen LogP contribution in [0.25, 0.3) is 0 Å². The molecule has 4 heteroatoms. The van der Waals surface area contributed by atoms with Crippen LogP contribution in [0.5, 0.6) is 0 Å². The number of benzene rings is 1. The van der Waals surface area contributed by atoms with Crippen LogP contribution in [0, 0.1) is 5.92 Å². The third-order valence-corrected chi connectivity index (χ3v) is 5.03. The average molecular weight is 290 g/mol. The first kappa shape index (κ1) is 13.5. The Balaban J connectivity index is 1.79. The van der Waals surface area contributed by atoms with Gasteiger partial charge in [-0.15, -0.1) is 0 Å². The molecule has 0 saturated carbocycles. The average Bonchev–Trinajstić information content (AvgIpc) is 2.36. The third kappa shape index (κ3) is 4.06. The van der Waals surface area contributed by atoms with Crippen molar-refractivity contribution < 1.29 is 0 Å². The fraction of sp³-hybridized carbons (Fsp3) is 0.538. The number of hydrogen-bond donors (Lipinski definition) is 1. The molecule has 1 aliphatic rings. The molecule has 1 nitrogen and oxygen atoms in total. The lowest BCUT2D eigenvalue weighted by Crippen LogP contribution is -2.25. The van der Waals surface area contributed by atoms with E-state index in [1.807, 2.05) is 18.2 Å². The van der Waals surface area contributed by atoms with Gasteiger partial charge in [0.2, 0.25) is 0 Å². The first-order valence-corrected chi connectivity index (χ1v) is 7.90. The molecule has 0 aliphatic carbocycles. The normalized spacial score (nSPS) is 17.3. The molecule has 1 saturated heterocycles. The molecule has 1 fully saturated rings. The summed E-state index contributed by atoms with van der Waals surface area (Å²) in [6.45, 7) is 1.90. The molecule has 0 amide bonds. The largest absolute Gasteiger partial charge is 0.312 e. The smallest absolute Gasteiger partial charge is 0.0637 e. The van der Waals surface area contributed by atoms with Gasteiger partial charge in [-0.2, -0.15) is 11.8 Å². The summed E-state index contributed by atoms with van der Waals surface area (Å²) in [5, 5.41) is 4.81. The fourth-order valence-electron chi connectivity index (χ4n) is 2.05. The maximum absolute atomic E-state index is 6.14. The minimum absolute atomic E-state index is 0.639. The van der Waals surface area contributed by atoms with Gasteiger partial charge in [0.25, 0.3) is 0 Å². The van der Waals surface area contributed by atoms with Crippen molar-refractivity contribution in [2.45, 2.75) is 19.4 Å². The second-order valence-corrected chi connectivity index (χ2v) is 6.41. The van der Waals surface area contributed by atoms with Gasteiger partial charge in [-0.05, 0) is 48.4 Å². The number of halogens is 2. The van der Waals surface area contributed by atoms with Crippen LogP contribution in [0.2, 0.25) is 10.0 Å². The highest BCUT2D eigenvalue weighted by molar-refractivity contribution is 7.99. The molecule has 2 rings (SSSR count). The lowest BCUT2D eigenvalue weighted by atomic mass is 10.0. The Hall–Kier alpha value is 0.110. The summed E-state index contributed by atoms with van der Waals surface area (Å²) in [5.74, 6) is 3.45. The highest BCUT2D eigenvalue weighted by Gasteiger charge is 2.13. The van der Waals surface area contributed by atoms with Gasteiger partial charge in [-0.25, -0.2) is 0 Å². The van der Waals surface area contributed by atoms with E-state index in [2.05, 4.69) is 17.1 Å². The van der Waals surface area contributed by atoms with Gasteiger partial charge in [0.05, 0.1) is 10.0 Å². The van der Waals surface area contributed by atoms with E-state index in [0.717, 1.165) is 24.6 Å². The Morgan fingerprint density at radius 3 is 2.76 bits per heavy atom. The molecule has 1 heterocycles. The van der Waals surface area contributed by atoms with E-state index in [4.69, 9.17) is 23.2 Å². The quantitative estimate of drug-likeness (QED) is 0.890. The lowest BCUT2D eigenvalue weighted by Gasteiger charge is -2.21. The number of thioether (sulfide) groups is 1. The number of hydrogen-bond acceptors (Lipinski definition) is 2. The van der Waals surface area contributed by atoms with Crippen molar-refractivity contribution in [3.05, 3.63) is 33.8 Å². The zero-order valence-corrected chi connectivity index (χ0v) is 12.0. The molecule has 0 atom stereocenters. The molecular formula is C13H17Cl2NS. The summed E-state index contributed by atoms with van der Waals surface area (Å²) in [7, 11) is 0. The predicted molar refractivity (Wildman–Crippen MR) is 78.2 cm³/mol. The van der Waals surface area contributed by atoms with Crippen LogP contribution >= 0.6 is 35.0 Å². The second-order valence-electron chi connectivity index (χ2n) is 4.40. The van der Waals surface area contributed by atoms with Crippen molar-refractivity contribution in [3.63, 3.8) is 0 Å². The van der Waals surface area contributed by atoms with Crippen molar-refractivity contribution in [1.82, 2.24) is 5.32 Å².